The van der Waals surface area contributed by atoms with Gasteiger partial charge in [-0.1, -0.05) is 26.0 Å². The van der Waals surface area contributed by atoms with Crippen molar-refractivity contribution >= 4 is 11.6 Å². The van der Waals surface area contributed by atoms with Crippen molar-refractivity contribution < 1.29 is 4.79 Å². The lowest BCUT2D eigenvalue weighted by molar-refractivity contribution is -0.122. The van der Waals surface area contributed by atoms with Gasteiger partial charge in [-0.25, -0.2) is 4.98 Å². The van der Waals surface area contributed by atoms with Gasteiger partial charge < -0.3 is 15.6 Å². The molecule has 5 nitrogen and oxygen atoms in total. The molecular formula is C16H22N4O. The number of nitrogen functional groups attached to an aromatic ring is 1. The van der Waals surface area contributed by atoms with Crippen molar-refractivity contribution in [2.24, 2.45) is 5.92 Å². The van der Waals surface area contributed by atoms with Crippen LogP contribution in [0, 0.1) is 5.92 Å². The normalized spacial score (nSPS) is 12.4. The maximum Gasteiger partial charge on any atom is 0.240 e. The van der Waals surface area contributed by atoms with Crippen LogP contribution in [0.3, 0.4) is 0 Å². The Labute approximate surface area is 125 Å². The van der Waals surface area contributed by atoms with Crippen LogP contribution in [0.4, 0.5) is 5.69 Å². The number of hydrogen-bond acceptors (Lipinski definition) is 3. The fourth-order valence-electron chi connectivity index (χ4n) is 2.00. The van der Waals surface area contributed by atoms with Gasteiger partial charge in [0.05, 0.1) is 0 Å². The van der Waals surface area contributed by atoms with Gasteiger partial charge in [0.2, 0.25) is 5.91 Å². The zero-order valence-electron chi connectivity index (χ0n) is 12.7. The van der Waals surface area contributed by atoms with Gasteiger partial charge in [0, 0.05) is 29.7 Å². The quantitative estimate of drug-likeness (QED) is 0.828. The summed E-state index contributed by atoms with van der Waals surface area (Å²) in [6.07, 6.45) is 3.50. The van der Waals surface area contributed by atoms with E-state index >= 15 is 0 Å². The Kier molecular flexibility index (Phi) is 4.62. The largest absolute Gasteiger partial charge is 0.399 e. The number of hydrogen-bond donors (Lipinski definition) is 2. The van der Waals surface area contributed by atoms with Gasteiger partial charge in [-0.2, -0.15) is 0 Å². The van der Waals surface area contributed by atoms with E-state index in [0.717, 1.165) is 11.4 Å². The molecule has 1 unspecified atom stereocenters. The summed E-state index contributed by atoms with van der Waals surface area (Å²) in [4.78, 5) is 16.4. The van der Waals surface area contributed by atoms with Crippen LogP contribution in [-0.4, -0.2) is 21.5 Å². The summed E-state index contributed by atoms with van der Waals surface area (Å²) in [5.74, 6) is 1.14. The van der Waals surface area contributed by atoms with Crippen molar-refractivity contribution in [3.63, 3.8) is 0 Å². The van der Waals surface area contributed by atoms with E-state index in [9.17, 15) is 4.79 Å². The molecule has 1 aromatic heterocycles. The van der Waals surface area contributed by atoms with Gasteiger partial charge in [-0.15, -0.1) is 0 Å². The third-order valence-electron chi connectivity index (χ3n) is 3.56. The summed E-state index contributed by atoms with van der Waals surface area (Å²) in [6, 6.07) is 7.65. The summed E-state index contributed by atoms with van der Waals surface area (Å²) in [7, 11) is 0. The molecule has 3 N–H and O–H groups in total. The Morgan fingerprint density at radius 2 is 2.14 bits per heavy atom. The second-order valence-electron chi connectivity index (χ2n) is 5.60. The lowest BCUT2D eigenvalue weighted by Gasteiger charge is -2.18. The number of rotatable bonds is 5. The van der Waals surface area contributed by atoms with E-state index in [0.29, 0.717) is 11.6 Å². The maximum atomic E-state index is 12.1. The minimum Gasteiger partial charge on any atom is -0.399 e. The molecule has 2 aromatic rings. The molecule has 0 aliphatic heterocycles. The summed E-state index contributed by atoms with van der Waals surface area (Å²) < 4.78 is 1.83. The number of amides is 1. The standard InChI is InChI=1S/C16H22N4O/c1-11(2)12(3)19-15(21)10-20-8-7-18-16(20)13-5-4-6-14(17)9-13/h4-9,11-12H,10,17H2,1-3H3,(H,19,21). The molecule has 5 heteroatoms. The molecule has 21 heavy (non-hydrogen) atoms. The van der Waals surface area contributed by atoms with Crippen LogP contribution in [0.5, 0.6) is 0 Å². The first-order valence-electron chi connectivity index (χ1n) is 7.13. The topological polar surface area (TPSA) is 72.9 Å². The van der Waals surface area contributed by atoms with Crippen molar-refractivity contribution in [2.45, 2.75) is 33.4 Å². The number of carbonyl (C=O) groups is 1. The highest BCUT2D eigenvalue weighted by molar-refractivity contribution is 5.77. The molecule has 0 bridgehead atoms. The van der Waals surface area contributed by atoms with Gasteiger partial charge in [-0.3, -0.25) is 4.79 Å². The second kappa shape index (κ2) is 6.43. The Balaban J connectivity index is 2.12. The monoisotopic (exact) mass is 286 g/mol. The molecule has 1 amide bonds. The molecule has 0 fully saturated rings. The van der Waals surface area contributed by atoms with Crippen LogP contribution in [0.15, 0.2) is 36.7 Å². The van der Waals surface area contributed by atoms with Gasteiger partial charge in [0.25, 0.3) is 0 Å². The molecule has 112 valence electrons. The van der Waals surface area contributed by atoms with Crippen molar-refractivity contribution in [3.05, 3.63) is 36.7 Å². The number of carbonyl (C=O) groups excluding carboxylic acids is 1. The summed E-state index contributed by atoms with van der Waals surface area (Å²) in [6.45, 7) is 6.43. The van der Waals surface area contributed by atoms with Crippen LogP contribution in [0.2, 0.25) is 0 Å². The zero-order chi connectivity index (χ0) is 15.4. The molecule has 0 saturated heterocycles. The molecular weight excluding hydrogens is 264 g/mol. The summed E-state index contributed by atoms with van der Waals surface area (Å²) >= 11 is 0. The molecule has 1 atom stereocenters. The Hall–Kier alpha value is -2.30. The number of benzene rings is 1. The SMILES string of the molecule is CC(C)C(C)NC(=O)Cn1ccnc1-c1cccc(N)c1. The third-order valence-corrected chi connectivity index (χ3v) is 3.56. The van der Waals surface area contributed by atoms with Gasteiger partial charge in [0.1, 0.15) is 12.4 Å². The Bertz CT molecular complexity index is 618. The van der Waals surface area contributed by atoms with Crippen LogP contribution < -0.4 is 11.1 Å². The highest BCUT2D eigenvalue weighted by Gasteiger charge is 2.13. The average molecular weight is 286 g/mol. The van der Waals surface area contributed by atoms with Crippen molar-refractivity contribution in [1.82, 2.24) is 14.9 Å². The smallest absolute Gasteiger partial charge is 0.240 e. The number of nitrogens with zero attached hydrogens (tertiary/aromatic N) is 2. The molecule has 1 heterocycles. The molecule has 2 rings (SSSR count). The lowest BCUT2D eigenvalue weighted by atomic mass is 10.1. The minimum absolute atomic E-state index is 0.0145. The van der Waals surface area contributed by atoms with E-state index in [1.165, 1.54) is 0 Å². The van der Waals surface area contributed by atoms with Gasteiger partial charge >= 0.3 is 0 Å². The molecule has 0 aliphatic carbocycles. The van der Waals surface area contributed by atoms with E-state index < -0.39 is 0 Å². The van der Waals surface area contributed by atoms with E-state index in [4.69, 9.17) is 5.73 Å². The number of anilines is 1. The molecule has 0 radical (unpaired) electrons. The molecule has 0 spiro atoms. The van der Waals surface area contributed by atoms with Gasteiger partial charge in [0.15, 0.2) is 0 Å². The summed E-state index contributed by atoms with van der Waals surface area (Å²) in [5, 5.41) is 3.00. The molecule has 0 saturated carbocycles. The highest BCUT2D eigenvalue weighted by Crippen LogP contribution is 2.19. The van der Waals surface area contributed by atoms with Crippen LogP contribution >= 0.6 is 0 Å². The van der Waals surface area contributed by atoms with E-state index in [2.05, 4.69) is 24.1 Å². The van der Waals surface area contributed by atoms with Crippen molar-refractivity contribution in [1.29, 1.82) is 0 Å². The lowest BCUT2D eigenvalue weighted by Crippen LogP contribution is -2.38. The van der Waals surface area contributed by atoms with Crippen molar-refractivity contribution in [2.75, 3.05) is 5.73 Å². The summed E-state index contributed by atoms with van der Waals surface area (Å²) in [5.41, 5.74) is 7.39. The molecule has 0 aliphatic rings. The Morgan fingerprint density at radius 3 is 2.81 bits per heavy atom. The van der Waals surface area contributed by atoms with Crippen LogP contribution in [0.25, 0.3) is 11.4 Å². The Morgan fingerprint density at radius 1 is 1.38 bits per heavy atom. The first-order chi connectivity index (χ1) is 9.97. The van der Waals surface area contributed by atoms with Crippen molar-refractivity contribution in [3.8, 4) is 11.4 Å². The zero-order valence-corrected chi connectivity index (χ0v) is 12.7. The number of nitrogens with one attached hydrogen (secondary N) is 1. The fraction of sp³-hybridized carbons (Fsp3) is 0.375. The van der Waals surface area contributed by atoms with E-state index in [1.807, 2.05) is 35.8 Å². The minimum atomic E-state index is -0.0145. The first-order valence-corrected chi connectivity index (χ1v) is 7.13. The fourth-order valence-corrected chi connectivity index (χ4v) is 2.00. The number of nitrogens with two attached hydrogens (primary N) is 1. The second-order valence-corrected chi connectivity index (χ2v) is 5.60. The predicted octanol–water partition coefficient (Wildman–Crippen LogP) is 2.29. The van der Waals surface area contributed by atoms with Crippen LogP contribution in [-0.2, 0) is 11.3 Å². The number of imidazole rings is 1. The molecule has 1 aromatic carbocycles. The average Bonchev–Trinajstić information content (AvgIpc) is 2.86. The van der Waals surface area contributed by atoms with Crippen LogP contribution in [0.1, 0.15) is 20.8 Å². The number of aromatic nitrogens is 2. The predicted molar refractivity (Wildman–Crippen MR) is 84.5 cm³/mol. The van der Waals surface area contributed by atoms with E-state index in [1.54, 1.807) is 12.4 Å². The maximum absolute atomic E-state index is 12.1. The highest BCUT2D eigenvalue weighted by atomic mass is 16.2. The van der Waals surface area contributed by atoms with Gasteiger partial charge in [-0.05, 0) is 25.0 Å². The van der Waals surface area contributed by atoms with E-state index in [-0.39, 0.29) is 18.5 Å². The third kappa shape index (κ3) is 3.84. The first kappa shape index (κ1) is 15.1.